The van der Waals surface area contributed by atoms with Gasteiger partial charge in [0.05, 0.1) is 11.4 Å². The minimum atomic E-state index is -0.257. The van der Waals surface area contributed by atoms with Gasteiger partial charge in [0.1, 0.15) is 11.5 Å². The van der Waals surface area contributed by atoms with Crippen LogP contribution in [0.15, 0.2) is 48.7 Å². The molecular weight excluding hydrogens is 215 g/mol. The van der Waals surface area contributed by atoms with Gasteiger partial charge in [-0.25, -0.2) is 9.37 Å². The van der Waals surface area contributed by atoms with E-state index in [1.54, 1.807) is 10.5 Å². The zero-order valence-electron chi connectivity index (χ0n) is 9.39. The Bertz CT molecular complexity index is 671. The zero-order chi connectivity index (χ0) is 11.8. The van der Waals surface area contributed by atoms with Gasteiger partial charge in [-0.1, -0.05) is 30.3 Å². The number of rotatable bonds is 1. The van der Waals surface area contributed by atoms with Gasteiger partial charge in [0.25, 0.3) is 0 Å². The van der Waals surface area contributed by atoms with Crippen LogP contribution in [-0.4, -0.2) is 9.38 Å². The van der Waals surface area contributed by atoms with Gasteiger partial charge in [0.2, 0.25) is 0 Å². The molecule has 0 aliphatic carbocycles. The molecule has 2 heterocycles. The Kier molecular flexibility index (Phi) is 2.18. The van der Waals surface area contributed by atoms with Crippen LogP contribution in [0.1, 0.15) is 5.69 Å². The molecule has 3 aromatic rings. The van der Waals surface area contributed by atoms with Crippen molar-refractivity contribution in [2.24, 2.45) is 0 Å². The van der Waals surface area contributed by atoms with Crippen molar-refractivity contribution in [2.75, 3.05) is 0 Å². The van der Waals surface area contributed by atoms with Crippen LogP contribution in [0.25, 0.3) is 16.9 Å². The van der Waals surface area contributed by atoms with Crippen molar-refractivity contribution in [1.82, 2.24) is 9.38 Å². The van der Waals surface area contributed by atoms with Gasteiger partial charge in [-0.15, -0.1) is 0 Å². The Morgan fingerprint density at radius 2 is 1.82 bits per heavy atom. The van der Waals surface area contributed by atoms with Gasteiger partial charge >= 0.3 is 0 Å². The molecule has 0 atom stereocenters. The zero-order valence-corrected chi connectivity index (χ0v) is 9.39. The smallest absolute Gasteiger partial charge is 0.139 e. The van der Waals surface area contributed by atoms with E-state index in [9.17, 15) is 4.39 Å². The minimum absolute atomic E-state index is 0.257. The van der Waals surface area contributed by atoms with Crippen molar-refractivity contribution < 1.29 is 4.39 Å². The third-order valence-corrected chi connectivity index (χ3v) is 2.80. The summed E-state index contributed by atoms with van der Waals surface area (Å²) in [6.07, 6.45) is 1.47. The van der Waals surface area contributed by atoms with Crippen LogP contribution in [0.2, 0.25) is 0 Å². The second kappa shape index (κ2) is 3.70. The fraction of sp³-hybridized carbons (Fsp3) is 0.0714. The highest BCUT2D eigenvalue weighted by Gasteiger charge is 2.10. The molecule has 0 spiro atoms. The number of hydrogen-bond acceptors (Lipinski definition) is 1. The van der Waals surface area contributed by atoms with Crippen molar-refractivity contribution in [3.63, 3.8) is 0 Å². The summed E-state index contributed by atoms with van der Waals surface area (Å²) < 4.78 is 15.1. The van der Waals surface area contributed by atoms with Gasteiger partial charge in [0, 0.05) is 11.8 Å². The average Bonchev–Trinajstić information content (AvgIpc) is 2.65. The molecule has 0 radical (unpaired) electrons. The van der Waals surface area contributed by atoms with Gasteiger partial charge < -0.3 is 0 Å². The van der Waals surface area contributed by atoms with E-state index in [0.717, 1.165) is 22.6 Å². The number of imidazole rings is 1. The molecule has 0 N–H and O–H groups in total. The quantitative estimate of drug-likeness (QED) is 0.621. The Morgan fingerprint density at radius 3 is 2.59 bits per heavy atom. The van der Waals surface area contributed by atoms with E-state index in [1.807, 2.05) is 37.3 Å². The lowest BCUT2D eigenvalue weighted by Crippen LogP contribution is -1.90. The first-order valence-corrected chi connectivity index (χ1v) is 5.45. The Labute approximate surface area is 98.4 Å². The van der Waals surface area contributed by atoms with Crippen LogP contribution in [0.4, 0.5) is 4.39 Å². The third-order valence-electron chi connectivity index (χ3n) is 2.80. The van der Waals surface area contributed by atoms with Gasteiger partial charge in [-0.3, -0.25) is 4.40 Å². The maximum atomic E-state index is 13.3. The number of hydrogen-bond donors (Lipinski definition) is 0. The van der Waals surface area contributed by atoms with Crippen molar-refractivity contribution in [3.8, 4) is 11.3 Å². The number of fused-ring (bicyclic) bond motifs is 1. The Hall–Kier alpha value is -2.16. The number of halogens is 1. The molecule has 0 fully saturated rings. The summed E-state index contributed by atoms with van der Waals surface area (Å²) >= 11 is 0. The molecule has 0 bridgehead atoms. The average molecular weight is 226 g/mol. The summed E-state index contributed by atoms with van der Waals surface area (Å²) in [5.74, 6) is -0.257. The summed E-state index contributed by atoms with van der Waals surface area (Å²) in [4.78, 5) is 4.43. The highest BCUT2D eigenvalue weighted by Crippen LogP contribution is 2.24. The predicted molar refractivity (Wildman–Crippen MR) is 65.3 cm³/mol. The second-order valence-corrected chi connectivity index (χ2v) is 3.99. The molecule has 0 amide bonds. The minimum Gasteiger partial charge on any atom is -0.296 e. The summed E-state index contributed by atoms with van der Waals surface area (Å²) in [6.45, 7) is 1.94. The number of pyridine rings is 1. The molecule has 1 aromatic carbocycles. The van der Waals surface area contributed by atoms with E-state index < -0.39 is 0 Å². The molecule has 0 aliphatic heterocycles. The maximum Gasteiger partial charge on any atom is 0.139 e. The van der Waals surface area contributed by atoms with Crippen LogP contribution in [0, 0.1) is 12.7 Å². The molecule has 84 valence electrons. The fourth-order valence-corrected chi connectivity index (χ4v) is 2.08. The van der Waals surface area contributed by atoms with Gasteiger partial charge in [-0.2, -0.15) is 0 Å². The van der Waals surface area contributed by atoms with Gasteiger partial charge in [0.15, 0.2) is 0 Å². The first-order valence-electron chi connectivity index (χ1n) is 5.45. The predicted octanol–water partition coefficient (Wildman–Crippen LogP) is 3.45. The highest BCUT2D eigenvalue weighted by molar-refractivity contribution is 5.66. The van der Waals surface area contributed by atoms with Crippen molar-refractivity contribution in [2.45, 2.75) is 6.92 Å². The monoisotopic (exact) mass is 226 g/mol. The summed E-state index contributed by atoms with van der Waals surface area (Å²) in [6, 6.07) is 13.0. The first-order chi connectivity index (χ1) is 8.25. The molecule has 0 saturated heterocycles. The van der Waals surface area contributed by atoms with Crippen LogP contribution in [0.5, 0.6) is 0 Å². The lowest BCUT2D eigenvalue weighted by Gasteiger charge is -2.02. The molecule has 0 unspecified atom stereocenters. The van der Waals surface area contributed by atoms with Crippen LogP contribution >= 0.6 is 0 Å². The van der Waals surface area contributed by atoms with E-state index in [0.29, 0.717) is 0 Å². The molecule has 0 aliphatic rings. The van der Waals surface area contributed by atoms with E-state index >= 15 is 0 Å². The second-order valence-electron chi connectivity index (χ2n) is 3.99. The third kappa shape index (κ3) is 1.60. The van der Waals surface area contributed by atoms with Crippen LogP contribution < -0.4 is 0 Å². The standard InChI is InChI=1S/C14H11FN2/c1-10-14(11-5-3-2-4-6-11)17-9-12(15)7-8-13(17)16-10/h2-9H,1H3. The Morgan fingerprint density at radius 1 is 1.06 bits per heavy atom. The van der Waals surface area contributed by atoms with E-state index in [2.05, 4.69) is 4.98 Å². The van der Waals surface area contributed by atoms with E-state index in [4.69, 9.17) is 0 Å². The molecule has 2 nitrogen and oxygen atoms in total. The number of benzene rings is 1. The molecule has 3 heteroatoms. The SMILES string of the molecule is Cc1nc2ccc(F)cn2c1-c1ccccc1. The summed E-state index contributed by atoms with van der Waals surface area (Å²) in [7, 11) is 0. The van der Waals surface area contributed by atoms with Crippen molar-refractivity contribution >= 4 is 5.65 Å². The normalized spacial score (nSPS) is 10.9. The highest BCUT2D eigenvalue weighted by atomic mass is 19.1. The maximum absolute atomic E-state index is 13.3. The topological polar surface area (TPSA) is 17.3 Å². The molecular formula is C14H11FN2. The summed E-state index contributed by atoms with van der Waals surface area (Å²) in [5.41, 5.74) is 3.66. The molecule has 17 heavy (non-hydrogen) atoms. The Balaban J connectivity index is 2.35. The van der Waals surface area contributed by atoms with E-state index in [1.165, 1.54) is 12.3 Å². The lowest BCUT2D eigenvalue weighted by molar-refractivity contribution is 0.619. The molecule has 0 saturated carbocycles. The van der Waals surface area contributed by atoms with Gasteiger partial charge in [-0.05, 0) is 19.1 Å². The largest absolute Gasteiger partial charge is 0.296 e. The first kappa shape index (κ1) is 10.0. The van der Waals surface area contributed by atoms with Crippen LogP contribution in [0.3, 0.4) is 0 Å². The molecule has 2 aromatic heterocycles. The fourth-order valence-electron chi connectivity index (χ4n) is 2.08. The van der Waals surface area contributed by atoms with Crippen LogP contribution in [-0.2, 0) is 0 Å². The number of aromatic nitrogens is 2. The lowest BCUT2D eigenvalue weighted by atomic mass is 10.1. The van der Waals surface area contributed by atoms with Crippen molar-refractivity contribution in [1.29, 1.82) is 0 Å². The van der Waals surface area contributed by atoms with E-state index in [-0.39, 0.29) is 5.82 Å². The number of nitrogens with zero attached hydrogens (tertiary/aromatic N) is 2. The molecule has 3 rings (SSSR count). The number of aryl methyl sites for hydroxylation is 1. The summed E-state index contributed by atoms with van der Waals surface area (Å²) in [5, 5.41) is 0. The van der Waals surface area contributed by atoms with Crippen molar-refractivity contribution in [3.05, 3.63) is 60.2 Å².